The van der Waals surface area contributed by atoms with E-state index in [2.05, 4.69) is 600 Å². The number of hydrogen-bond acceptors (Lipinski definition) is 8. The molecule has 12 heteroatoms. The van der Waals surface area contributed by atoms with Crippen LogP contribution in [0, 0.1) is 37.6 Å². The van der Waals surface area contributed by atoms with Crippen molar-refractivity contribution in [3.63, 3.8) is 0 Å². The third-order valence-electron chi connectivity index (χ3n) is 30.5. The Hall–Kier alpha value is -12.8. The van der Waals surface area contributed by atoms with E-state index in [-0.39, 0.29) is 102 Å². The third-order valence-corrected chi connectivity index (χ3v) is 30.5. The van der Waals surface area contributed by atoms with Crippen LogP contribution in [-0.2, 0) is 102 Å². The Balaban J connectivity index is 0.000000202. The van der Waals surface area contributed by atoms with Gasteiger partial charge in [0.05, 0.1) is 0 Å². The van der Waals surface area contributed by atoms with E-state index in [1.807, 2.05) is 12.4 Å². The van der Waals surface area contributed by atoms with Gasteiger partial charge in [-0.05, 0) is 241 Å². The summed E-state index contributed by atoms with van der Waals surface area (Å²) in [4.78, 5) is 24.2. The Morgan fingerprint density at radius 1 is 0.220 bits per heavy atom. The van der Waals surface area contributed by atoms with Gasteiger partial charge in [0, 0.05) is 122 Å². The van der Waals surface area contributed by atoms with Crippen LogP contribution in [0.1, 0.15) is 287 Å². The Labute approximate surface area is 924 Å². The molecule has 14 aromatic carbocycles. The molecule has 0 saturated carbocycles. The first-order chi connectivity index (χ1) is 69.5. The van der Waals surface area contributed by atoms with Gasteiger partial charge in [-0.25, -0.2) is 9.97 Å². The van der Waals surface area contributed by atoms with Crippen molar-refractivity contribution in [3.8, 4) is 11.6 Å². The summed E-state index contributed by atoms with van der Waals surface area (Å²) in [6, 6.07) is 130. The number of nitrogens with zero attached hydrogens (tertiary/aromatic N) is 10. The molecular weight excluding hydrogens is 2190 g/mol. The Bertz CT molecular complexity index is 7950. The SMILES string of the molecule is CC(C)(C)c1cc(N2[CH-]N(c3[c-]c(N(c4[c-]c5c(cc4)c4cc(C(C)(C)C)ccc4n5-c4cc(C(C)(C)c5cc(C(C)(C)C)cc(C(C)(C)C)c5)ccn4)c4ccccc4)ccc3)c3ccccc32)cc(C(C)(C)C)c1.CC(C)(C)c1ccc(C(C)(C)c2ccnc(-n3c4[c-]c(N(c5[c-]c(N6[CH-]N(c7cc(C(C)(C)C)cc(C(C)(C)C)c7)c7ccccc76)ccc5)c5ccccc5)ccc4c4cc(C(C)(C)C)ccc43)c2)cc1.[Pt].[Pt]. The van der Waals surface area contributed by atoms with Gasteiger partial charge >= 0.3 is 0 Å². The van der Waals surface area contributed by atoms with Gasteiger partial charge in [-0.3, -0.25) is 0 Å². The molecule has 4 aromatic heterocycles. The van der Waals surface area contributed by atoms with Crippen molar-refractivity contribution in [2.75, 3.05) is 29.4 Å². The van der Waals surface area contributed by atoms with Crippen molar-refractivity contribution >= 4 is 123 Å². The fourth-order valence-electron chi connectivity index (χ4n) is 20.6. The van der Waals surface area contributed by atoms with Gasteiger partial charge in [0.15, 0.2) is 0 Å². The fraction of sp³-hybridized carbons (Fsp3) is 0.304. The number of hydrogen-bond donors (Lipinski definition) is 0. The minimum atomic E-state index is -0.326. The predicted octanol–water partition coefficient (Wildman–Crippen LogP) is 37.6. The van der Waals surface area contributed by atoms with Crippen molar-refractivity contribution in [2.45, 2.75) is 274 Å². The second-order valence-corrected chi connectivity index (χ2v) is 51.4. The van der Waals surface area contributed by atoms with Gasteiger partial charge in [-0.15, -0.1) is 96.1 Å². The molecule has 18 aromatic rings. The number of aromatic nitrogens is 4. The summed E-state index contributed by atoms with van der Waals surface area (Å²) in [7, 11) is 0. The van der Waals surface area contributed by atoms with Crippen LogP contribution >= 0.6 is 0 Å². The van der Waals surface area contributed by atoms with E-state index in [1.165, 1.54) is 83.1 Å². The van der Waals surface area contributed by atoms with E-state index < -0.39 is 0 Å². The second-order valence-electron chi connectivity index (χ2n) is 51.4. The zero-order valence-electron chi connectivity index (χ0n) is 93.9. The maximum absolute atomic E-state index is 5.21. The summed E-state index contributed by atoms with van der Waals surface area (Å²) < 4.78 is 4.65. The van der Waals surface area contributed by atoms with Crippen molar-refractivity contribution in [1.82, 2.24) is 19.1 Å². The number of rotatable bonds is 16. The summed E-state index contributed by atoms with van der Waals surface area (Å²) in [5.74, 6) is 1.72. The molecule has 0 radical (unpaired) electrons. The summed E-state index contributed by atoms with van der Waals surface area (Å²) in [5.41, 5.74) is 34.6. The molecule has 20 rings (SSSR count). The second kappa shape index (κ2) is 40.1. The molecule has 150 heavy (non-hydrogen) atoms. The van der Waals surface area contributed by atoms with Gasteiger partial charge < -0.3 is 38.5 Å². The van der Waals surface area contributed by atoms with Crippen molar-refractivity contribution < 1.29 is 42.1 Å². The molecule has 0 bridgehead atoms. The average molecular weight is 2340 g/mol. The summed E-state index contributed by atoms with van der Waals surface area (Å²) >= 11 is 0. The molecule has 2 aliphatic rings. The van der Waals surface area contributed by atoms with E-state index in [4.69, 9.17) is 9.97 Å². The molecule has 2 aliphatic heterocycles. The largest absolute Gasteiger partial charge is 0.493 e. The zero-order valence-corrected chi connectivity index (χ0v) is 98.4. The normalized spacial score (nSPS) is 13.5. The number of fused-ring (bicyclic) bond motifs is 8. The quantitative estimate of drug-likeness (QED) is 0.0887. The topological polar surface area (TPSA) is 55.1 Å². The average Bonchev–Trinajstić information content (AvgIpc) is 1.57. The molecule has 0 amide bonds. The van der Waals surface area contributed by atoms with E-state index >= 15 is 0 Å². The minimum Gasteiger partial charge on any atom is -0.493 e. The van der Waals surface area contributed by atoms with Crippen LogP contribution in [0.25, 0.3) is 55.2 Å². The minimum absolute atomic E-state index is 0. The van der Waals surface area contributed by atoms with Crippen molar-refractivity contribution in [1.29, 1.82) is 0 Å². The van der Waals surface area contributed by atoms with Gasteiger partial charge in [-0.2, -0.15) is 24.3 Å². The fourth-order valence-corrected chi connectivity index (χ4v) is 20.6. The maximum atomic E-state index is 5.21. The van der Waals surface area contributed by atoms with Crippen molar-refractivity contribution in [3.05, 3.63) is 432 Å². The number of anilines is 14. The molecule has 0 saturated heterocycles. The number of pyridine rings is 2. The van der Waals surface area contributed by atoms with Gasteiger partial charge in [0.25, 0.3) is 0 Å². The molecule has 0 N–H and O–H groups in total. The smallest absolute Gasteiger partial charge is 0.135 e. The first-order valence-electron chi connectivity index (χ1n) is 52.9. The monoisotopic (exact) mass is 2340 g/mol. The van der Waals surface area contributed by atoms with E-state index in [9.17, 15) is 0 Å². The Morgan fingerprint density at radius 3 is 0.840 bits per heavy atom. The maximum Gasteiger partial charge on any atom is 0.135 e. The molecule has 0 spiro atoms. The molecular formula is C138H148N10Pt2-6. The van der Waals surface area contributed by atoms with E-state index in [1.54, 1.807) is 0 Å². The van der Waals surface area contributed by atoms with Crippen LogP contribution in [0.2, 0.25) is 0 Å². The zero-order chi connectivity index (χ0) is 106. The van der Waals surface area contributed by atoms with Gasteiger partial charge in [-0.1, -0.05) is 388 Å². The van der Waals surface area contributed by atoms with Crippen molar-refractivity contribution in [2.24, 2.45) is 0 Å². The molecule has 776 valence electrons. The molecule has 0 aliphatic carbocycles. The van der Waals surface area contributed by atoms with E-state index in [0.717, 1.165) is 124 Å². The summed E-state index contributed by atoms with van der Waals surface area (Å²) in [6.45, 7) is 75.8. The number of para-hydroxylation sites is 6. The predicted molar refractivity (Wildman–Crippen MR) is 630 cm³/mol. The molecule has 0 fully saturated rings. The van der Waals surface area contributed by atoms with Gasteiger partial charge in [0.2, 0.25) is 0 Å². The first-order valence-corrected chi connectivity index (χ1v) is 52.9. The molecule has 6 heterocycles. The van der Waals surface area contributed by atoms with Crippen LogP contribution in [-0.4, -0.2) is 19.1 Å². The summed E-state index contributed by atoms with van der Waals surface area (Å²) in [5, 5.41) is 4.62. The standard InChI is InChI=1S/C71H78N5.C67H70N5.2Pt/c1-66(2,3)47-30-33-61-60(42-47)59-32-31-57(45-64(59)76(61)65-43-48(34-35-72-65)71(16,17)53-38-49(67(4,5)6)36-50(39-53)68(7,8)9)75(54-24-19-18-20-25-54)56-27-23-26-55(44-56)73-46-74(63-29-22-21-28-62(63)73)58-40-51(69(10,11)12)37-52(41-58)70(13,14)15;1-63(2,3)45-27-29-46(30-28-45)67(13,14)48-35-36-68-62(41-48)72-58-34-31-47(64(4,5)6)40-57(58)56-33-32-54(43-61(56)72)71(51-21-16-15-17-22-51)53-24-20-23-52(42-53)69-44-70(60-26-19-18-25-59(60)69)55-38-49(65(7,8)9)37-50(39-55)66(10,11)12;;/h18-43,46H,1-17H3;15-41,44H,1-14H3;;/q2*-3;;. The van der Waals surface area contributed by atoms with Crippen LogP contribution in [0.3, 0.4) is 0 Å². The van der Waals surface area contributed by atoms with Gasteiger partial charge in [0.1, 0.15) is 11.6 Å². The third kappa shape index (κ3) is 21.4. The van der Waals surface area contributed by atoms with Crippen LogP contribution < -0.4 is 29.4 Å². The van der Waals surface area contributed by atoms with Crippen LogP contribution in [0.15, 0.2) is 322 Å². The summed E-state index contributed by atoms with van der Waals surface area (Å²) in [6.07, 6.45) is 3.96. The molecule has 10 nitrogen and oxygen atoms in total. The van der Waals surface area contributed by atoms with E-state index in [0.29, 0.717) is 0 Å². The Kier molecular flexibility index (Phi) is 29.0. The molecule has 0 unspecified atom stereocenters. The van der Waals surface area contributed by atoms with Crippen LogP contribution in [0.4, 0.5) is 79.6 Å². The Morgan fingerprint density at radius 2 is 0.507 bits per heavy atom. The molecule has 0 atom stereocenters. The number of benzene rings is 14. The van der Waals surface area contributed by atoms with Crippen LogP contribution in [0.5, 0.6) is 0 Å². The first kappa shape index (κ1) is 108.